The Morgan fingerprint density at radius 1 is 1.29 bits per heavy atom. The summed E-state index contributed by atoms with van der Waals surface area (Å²) >= 11 is 0. The Morgan fingerprint density at radius 3 is 2.82 bits per heavy atom. The lowest BCUT2D eigenvalue weighted by molar-refractivity contribution is -0.125. The van der Waals surface area contributed by atoms with Gasteiger partial charge >= 0.3 is 0 Å². The van der Waals surface area contributed by atoms with Crippen LogP contribution in [0.4, 0.5) is 0 Å². The lowest BCUT2D eigenvalue weighted by Gasteiger charge is -2.19. The van der Waals surface area contributed by atoms with Crippen molar-refractivity contribution >= 4 is 11.6 Å². The SMILES string of the molecule is COc1ccc(-c2cc3nc([C@@H](C)NC(=O)C4CC=CCC4)nn3cn2)cc1. The number of rotatable bonds is 5. The van der Waals surface area contributed by atoms with E-state index in [4.69, 9.17) is 4.74 Å². The van der Waals surface area contributed by atoms with Crippen molar-refractivity contribution in [1.29, 1.82) is 0 Å². The van der Waals surface area contributed by atoms with Gasteiger partial charge in [0.25, 0.3) is 0 Å². The lowest BCUT2D eigenvalue weighted by atomic mass is 9.93. The monoisotopic (exact) mass is 377 g/mol. The molecule has 3 aromatic rings. The van der Waals surface area contributed by atoms with Crippen molar-refractivity contribution in [1.82, 2.24) is 24.9 Å². The summed E-state index contributed by atoms with van der Waals surface area (Å²) in [4.78, 5) is 21.5. The molecule has 2 atom stereocenters. The molecule has 4 rings (SSSR count). The molecule has 1 unspecified atom stereocenters. The van der Waals surface area contributed by atoms with E-state index in [9.17, 15) is 4.79 Å². The van der Waals surface area contributed by atoms with Crippen LogP contribution in [0.5, 0.6) is 5.75 Å². The van der Waals surface area contributed by atoms with E-state index in [1.54, 1.807) is 18.0 Å². The molecule has 0 radical (unpaired) electrons. The van der Waals surface area contributed by atoms with E-state index in [1.165, 1.54) is 0 Å². The number of amides is 1. The van der Waals surface area contributed by atoms with Crippen LogP contribution in [-0.4, -0.2) is 32.6 Å². The minimum Gasteiger partial charge on any atom is -0.497 e. The Hall–Kier alpha value is -3.22. The third-order valence-electron chi connectivity index (χ3n) is 5.02. The first-order valence-corrected chi connectivity index (χ1v) is 9.46. The molecule has 0 saturated heterocycles. The molecule has 0 bridgehead atoms. The maximum atomic E-state index is 12.5. The smallest absolute Gasteiger partial charge is 0.224 e. The number of hydrogen-bond donors (Lipinski definition) is 1. The molecule has 0 saturated carbocycles. The standard InChI is InChI=1S/C21H23N5O2/c1-14(23-21(27)16-6-4-3-5-7-16)20-24-19-12-18(22-13-26(19)25-20)15-8-10-17(28-2)11-9-15/h3-4,8-14,16H,5-7H2,1-2H3,(H,23,27)/t14-,16?/m1/s1. The van der Waals surface area contributed by atoms with Gasteiger partial charge < -0.3 is 10.1 Å². The summed E-state index contributed by atoms with van der Waals surface area (Å²) in [5.41, 5.74) is 2.47. The number of aromatic nitrogens is 4. The van der Waals surface area contributed by atoms with Crippen LogP contribution in [0, 0.1) is 5.92 Å². The molecule has 2 aromatic heterocycles. The highest BCUT2D eigenvalue weighted by molar-refractivity contribution is 5.79. The normalized spacial score (nSPS) is 17.4. The molecule has 1 amide bonds. The fraction of sp³-hybridized carbons (Fsp3) is 0.333. The van der Waals surface area contributed by atoms with Gasteiger partial charge in [-0.2, -0.15) is 0 Å². The van der Waals surface area contributed by atoms with Gasteiger partial charge in [0.15, 0.2) is 11.5 Å². The second-order valence-corrected chi connectivity index (χ2v) is 6.99. The minimum absolute atomic E-state index is 0.0350. The molecule has 0 fully saturated rings. The number of nitrogens with one attached hydrogen (secondary N) is 1. The summed E-state index contributed by atoms with van der Waals surface area (Å²) in [5.74, 6) is 1.47. The molecular weight excluding hydrogens is 354 g/mol. The van der Waals surface area contributed by atoms with Crippen LogP contribution < -0.4 is 10.1 Å². The van der Waals surface area contributed by atoms with Crippen molar-refractivity contribution in [2.75, 3.05) is 7.11 Å². The van der Waals surface area contributed by atoms with Crippen molar-refractivity contribution in [2.24, 2.45) is 5.92 Å². The third-order valence-corrected chi connectivity index (χ3v) is 5.02. The third kappa shape index (κ3) is 3.74. The van der Waals surface area contributed by atoms with Crippen LogP contribution in [0.2, 0.25) is 0 Å². The Balaban J connectivity index is 1.52. The van der Waals surface area contributed by atoms with Crippen LogP contribution in [-0.2, 0) is 4.79 Å². The summed E-state index contributed by atoms with van der Waals surface area (Å²) in [5, 5.41) is 7.51. The lowest BCUT2D eigenvalue weighted by Crippen LogP contribution is -2.33. The molecule has 28 heavy (non-hydrogen) atoms. The van der Waals surface area contributed by atoms with Crippen LogP contribution in [0.1, 0.15) is 38.1 Å². The van der Waals surface area contributed by atoms with Gasteiger partial charge in [0.05, 0.1) is 18.8 Å². The Bertz CT molecular complexity index is 1010. The zero-order valence-electron chi connectivity index (χ0n) is 16.0. The number of allylic oxidation sites excluding steroid dienone is 2. The average Bonchev–Trinajstić information content (AvgIpc) is 3.18. The highest BCUT2D eigenvalue weighted by Gasteiger charge is 2.22. The van der Waals surface area contributed by atoms with Crippen LogP contribution >= 0.6 is 0 Å². The van der Waals surface area contributed by atoms with Gasteiger partial charge in [-0.1, -0.05) is 12.2 Å². The molecule has 2 heterocycles. The van der Waals surface area contributed by atoms with Gasteiger partial charge in [-0.3, -0.25) is 4.79 Å². The number of nitrogens with zero attached hydrogens (tertiary/aromatic N) is 4. The van der Waals surface area contributed by atoms with Gasteiger partial charge in [-0.15, -0.1) is 5.10 Å². The number of methoxy groups -OCH3 is 1. The highest BCUT2D eigenvalue weighted by atomic mass is 16.5. The molecular formula is C21H23N5O2. The van der Waals surface area contributed by atoms with Gasteiger partial charge in [-0.05, 0) is 50.5 Å². The molecule has 7 heteroatoms. The first-order valence-electron chi connectivity index (χ1n) is 9.46. The number of carbonyl (C=O) groups is 1. The van der Waals surface area contributed by atoms with Crippen LogP contribution in [0.15, 0.2) is 48.8 Å². The largest absolute Gasteiger partial charge is 0.497 e. The summed E-state index contributed by atoms with van der Waals surface area (Å²) in [7, 11) is 1.64. The van der Waals surface area contributed by atoms with Gasteiger partial charge in [0.1, 0.15) is 12.1 Å². The van der Waals surface area contributed by atoms with Crippen molar-refractivity contribution in [2.45, 2.75) is 32.2 Å². The number of carbonyl (C=O) groups excluding carboxylic acids is 1. The van der Waals surface area contributed by atoms with Crippen LogP contribution in [0.25, 0.3) is 16.9 Å². The first kappa shape index (κ1) is 18.2. The number of ether oxygens (including phenoxy) is 1. The molecule has 1 aliphatic rings. The van der Waals surface area contributed by atoms with Crippen molar-refractivity contribution in [3.05, 3.63) is 54.6 Å². The maximum Gasteiger partial charge on any atom is 0.224 e. The van der Waals surface area contributed by atoms with E-state index in [0.717, 1.165) is 36.3 Å². The fourth-order valence-corrected chi connectivity index (χ4v) is 3.34. The van der Waals surface area contributed by atoms with E-state index in [1.807, 2.05) is 37.3 Å². The van der Waals surface area contributed by atoms with Crippen molar-refractivity contribution < 1.29 is 9.53 Å². The topological polar surface area (TPSA) is 81.4 Å². The Labute approximate surface area is 163 Å². The van der Waals surface area contributed by atoms with E-state index >= 15 is 0 Å². The highest BCUT2D eigenvalue weighted by Crippen LogP contribution is 2.22. The summed E-state index contributed by atoms with van der Waals surface area (Å²) in [6.45, 7) is 1.91. The van der Waals surface area contributed by atoms with E-state index in [2.05, 4.69) is 32.5 Å². The molecule has 0 spiro atoms. The zero-order chi connectivity index (χ0) is 19.5. The predicted octanol–water partition coefficient (Wildman–Crippen LogP) is 3.33. The average molecular weight is 377 g/mol. The quantitative estimate of drug-likeness (QED) is 0.690. The summed E-state index contributed by atoms with van der Waals surface area (Å²) < 4.78 is 6.83. The van der Waals surface area contributed by atoms with Gasteiger partial charge in [-0.25, -0.2) is 14.5 Å². The predicted molar refractivity (Wildman–Crippen MR) is 106 cm³/mol. The second kappa shape index (κ2) is 7.80. The molecule has 144 valence electrons. The second-order valence-electron chi connectivity index (χ2n) is 6.99. The molecule has 1 aliphatic carbocycles. The zero-order valence-corrected chi connectivity index (χ0v) is 16.0. The number of benzene rings is 1. The van der Waals surface area contributed by atoms with Gasteiger partial charge in [0.2, 0.25) is 5.91 Å². The minimum atomic E-state index is -0.261. The van der Waals surface area contributed by atoms with Crippen molar-refractivity contribution in [3.8, 4) is 17.0 Å². The number of hydrogen-bond acceptors (Lipinski definition) is 5. The number of fused-ring (bicyclic) bond motifs is 1. The maximum absolute atomic E-state index is 12.5. The first-order chi connectivity index (χ1) is 13.6. The summed E-state index contributed by atoms with van der Waals surface area (Å²) in [6, 6.07) is 9.33. The van der Waals surface area contributed by atoms with E-state index in [0.29, 0.717) is 11.5 Å². The van der Waals surface area contributed by atoms with E-state index in [-0.39, 0.29) is 17.9 Å². The molecule has 7 nitrogen and oxygen atoms in total. The van der Waals surface area contributed by atoms with E-state index < -0.39 is 0 Å². The molecule has 1 aromatic carbocycles. The van der Waals surface area contributed by atoms with Crippen LogP contribution in [0.3, 0.4) is 0 Å². The molecule has 0 aliphatic heterocycles. The Morgan fingerprint density at radius 2 is 2.11 bits per heavy atom. The molecule has 1 N–H and O–H groups in total. The Kier molecular flexibility index (Phi) is 5.06. The van der Waals surface area contributed by atoms with Crippen molar-refractivity contribution in [3.63, 3.8) is 0 Å². The summed E-state index contributed by atoms with van der Waals surface area (Å²) in [6.07, 6.45) is 8.50. The fourth-order valence-electron chi connectivity index (χ4n) is 3.34. The van der Waals surface area contributed by atoms with Gasteiger partial charge in [0, 0.05) is 17.5 Å².